The van der Waals surface area contributed by atoms with Crippen molar-refractivity contribution >= 4 is 15.7 Å². The molecule has 0 heterocycles. The highest BCUT2D eigenvalue weighted by atomic mass is 32.2. The minimum absolute atomic E-state index is 0.0907. The van der Waals surface area contributed by atoms with Crippen molar-refractivity contribution in [2.75, 3.05) is 26.1 Å². The SMILES string of the molecule is CN(C)C(=O)/C=C/CS(C)(=O)=O. The summed E-state index contributed by atoms with van der Waals surface area (Å²) in [6, 6.07) is 0. The molecular formula is C7H13NO3S. The molecule has 0 saturated heterocycles. The number of sulfone groups is 1. The average Bonchev–Trinajstić information content (AvgIpc) is 1.84. The van der Waals surface area contributed by atoms with Crippen molar-refractivity contribution in [2.24, 2.45) is 0 Å². The quantitative estimate of drug-likeness (QED) is 0.574. The summed E-state index contributed by atoms with van der Waals surface area (Å²) in [6.45, 7) is 0. The summed E-state index contributed by atoms with van der Waals surface area (Å²) < 4.78 is 21.2. The summed E-state index contributed by atoms with van der Waals surface area (Å²) in [6.07, 6.45) is 3.72. The van der Waals surface area contributed by atoms with Gasteiger partial charge in [-0.25, -0.2) is 8.42 Å². The van der Waals surface area contributed by atoms with Crippen LogP contribution in [0.2, 0.25) is 0 Å². The number of hydrogen-bond donors (Lipinski definition) is 0. The van der Waals surface area contributed by atoms with Gasteiger partial charge in [-0.2, -0.15) is 0 Å². The predicted octanol–water partition coefficient (Wildman–Crippen LogP) is -0.325. The van der Waals surface area contributed by atoms with Gasteiger partial charge < -0.3 is 4.90 Å². The largest absolute Gasteiger partial charge is 0.345 e. The molecule has 0 unspecified atom stereocenters. The van der Waals surface area contributed by atoms with E-state index in [0.29, 0.717) is 0 Å². The molecule has 0 aliphatic heterocycles. The molecule has 0 fully saturated rings. The van der Waals surface area contributed by atoms with E-state index in [9.17, 15) is 13.2 Å². The predicted molar refractivity (Wildman–Crippen MR) is 47.5 cm³/mol. The number of hydrogen-bond acceptors (Lipinski definition) is 3. The van der Waals surface area contributed by atoms with Crippen molar-refractivity contribution < 1.29 is 13.2 Å². The molecule has 70 valence electrons. The number of rotatable bonds is 3. The second-order valence-corrected chi connectivity index (χ2v) is 4.91. The van der Waals surface area contributed by atoms with Crippen LogP contribution in [0.4, 0.5) is 0 Å². The molecule has 4 nitrogen and oxygen atoms in total. The lowest BCUT2D eigenvalue weighted by molar-refractivity contribution is -0.123. The van der Waals surface area contributed by atoms with Crippen molar-refractivity contribution in [2.45, 2.75) is 0 Å². The Balaban J connectivity index is 4.03. The lowest BCUT2D eigenvalue weighted by Gasteiger charge is -2.04. The molecule has 0 aliphatic rings. The standard InChI is InChI=1S/C7H13NO3S/c1-8(2)7(9)5-4-6-12(3,10)11/h4-5H,6H2,1-3H3/b5-4+. The summed E-state index contributed by atoms with van der Waals surface area (Å²) in [7, 11) is 0.206. The molecule has 0 spiro atoms. The van der Waals surface area contributed by atoms with E-state index in [1.807, 2.05) is 0 Å². The summed E-state index contributed by atoms with van der Waals surface area (Å²) in [5.41, 5.74) is 0. The van der Waals surface area contributed by atoms with E-state index in [-0.39, 0.29) is 11.7 Å². The van der Waals surface area contributed by atoms with Gasteiger partial charge in [0.15, 0.2) is 9.84 Å². The first-order chi connectivity index (χ1) is 5.33. The molecule has 0 atom stereocenters. The summed E-state index contributed by atoms with van der Waals surface area (Å²) in [5, 5.41) is 0. The van der Waals surface area contributed by atoms with Gasteiger partial charge in [-0.05, 0) is 0 Å². The highest BCUT2D eigenvalue weighted by Crippen LogP contribution is 1.86. The van der Waals surface area contributed by atoms with Gasteiger partial charge >= 0.3 is 0 Å². The lowest BCUT2D eigenvalue weighted by Crippen LogP contribution is -2.19. The van der Waals surface area contributed by atoms with Crippen LogP contribution in [0.1, 0.15) is 0 Å². The molecule has 0 aliphatic carbocycles. The van der Waals surface area contributed by atoms with E-state index in [1.165, 1.54) is 17.1 Å². The van der Waals surface area contributed by atoms with E-state index in [1.54, 1.807) is 14.1 Å². The van der Waals surface area contributed by atoms with Crippen LogP contribution >= 0.6 is 0 Å². The van der Waals surface area contributed by atoms with E-state index in [0.717, 1.165) is 6.26 Å². The zero-order chi connectivity index (χ0) is 9.78. The Morgan fingerprint density at radius 2 is 1.92 bits per heavy atom. The van der Waals surface area contributed by atoms with Gasteiger partial charge in [-0.15, -0.1) is 0 Å². The molecule has 0 aromatic carbocycles. The molecule has 1 amide bonds. The maximum absolute atomic E-state index is 10.9. The number of carbonyl (C=O) groups is 1. The molecule has 0 radical (unpaired) electrons. The Labute approximate surface area is 72.8 Å². The van der Waals surface area contributed by atoms with Gasteiger partial charge in [0, 0.05) is 26.4 Å². The molecule has 0 bridgehead atoms. The number of amides is 1. The van der Waals surface area contributed by atoms with Crippen LogP contribution < -0.4 is 0 Å². The van der Waals surface area contributed by atoms with Gasteiger partial charge in [0.2, 0.25) is 5.91 Å². The van der Waals surface area contributed by atoms with Crippen LogP contribution in [0.15, 0.2) is 12.2 Å². The second-order valence-electron chi connectivity index (χ2n) is 2.73. The minimum Gasteiger partial charge on any atom is -0.345 e. The number of likely N-dealkylation sites (N-methyl/N-ethyl adjacent to an activating group) is 1. The first kappa shape index (κ1) is 11.2. The molecule has 5 heteroatoms. The molecule has 0 aromatic rings. The average molecular weight is 191 g/mol. The Hall–Kier alpha value is -0.840. The Bertz CT molecular complexity index is 277. The summed E-state index contributed by atoms with van der Waals surface area (Å²) >= 11 is 0. The van der Waals surface area contributed by atoms with Gasteiger partial charge in [0.1, 0.15) is 0 Å². The third-order valence-electron chi connectivity index (χ3n) is 1.10. The fraction of sp³-hybridized carbons (Fsp3) is 0.571. The summed E-state index contributed by atoms with van der Waals surface area (Å²) in [5.74, 6) is -0.300. The van der Waals surface area contributed by atoms with Crippen LogP contribution in [-0.2, 0) is 14.6 Å². The van der Waals surface area contributed by atoms with Crippen LogP contribution in [-0.4, -0.2) is 45.3 Å². The monoisotopic (exact) mass is 191 g/mol. The van der Waals surface area contributed by atoms with Gasteiger partial charge in [0.05, 0.1) is 5.75 Å². The molecule has 0 N–H and O–H groups in total. The van der Waals surface area contributed by atoms with E-state index in [2.05, 4.69) is 0 Å². The highest BCUT2D eigenvalue weighted by molar-refractivity contribution is 7.90. The highest BCUT2D eigenvalue weighted by Gasteiger charge is 1.99. The first-order valence-corrected chi connectivity index (χ1v) is 5.44. The van der Waals surface area contributed by atoms with Gasteiger partial charge in [0.25, 0.3) is 0 Å². The second kappa shape index (κ2) is 4.25. The molecular weight excluding hydrogens is 178 g/mol. The molecule has 0 aromatic heterocycles. The van der Waals surface area contributed by atoms with E-state index in [4.69, 9.17) is 0 Å². The third kappa shape index (κ3) is 5.91. The van der Waals surface area contributed by atoms with Crippen LogP contribution in [0, 0.1) is 0 Å². The van der Waals surface area contributed by atoms with Crippen molar-refractivity contribution in [3.8, 4) is 0 Å². The maximum Gasteiger partial charge on any atom is 0.245 e. The van der Waals surface area contributed by atoms with Crippen molar-refractivity contribution in [1.82, 2.24) is 4.90 Å². The van der Waals surface area contributed by atoms with Crippen LogP contribution in [0.5, 0.6) is 0 Å². The van der Waals surface area contributed by atoms with Crippen molar-refractivity contribution in [1.29, 1.82) is 0 Å². The minimum atomic E-state index is -3.00. The Morgan fingerprint density at radius 1 is 1.42 bits per heavy atom. The molecule has 12 heavy (non-hydrogen) atoms. The van der Waals surface area contributed by atoms with E-state index < -0.39 is 9.84 Å². The lowest BCUT2D eigenvalue weighted by atomic mass is 10.5. The van der Waals surface area contributed by atoms with Gasteiger partial charge in [-0.1, -0.05) is 6.08 Å². The van der Waals surface area contributed by atoms with Crippen LogP contribution in [0.3, 0.4) is 0 Å². The Morgan fingerprint density at radius 3 is 2.25 bits per heavy atom. The normalized spacial score (nSPS) is 11.9. The number of carbonyl (C=O) groups excluding carboxylic acids is 1. The van der Waals surface area contributed by atoms with Crippen molar-refractivity contribution in [3.05, 3.63) is 12.2 Å². The molecule has 0 rings (SSSR count). The zero-order valence-electron chi connectivity index (χ0n) is 7.44. The smallest absolute Gasteiger partial charge is 0.245 e. The van der Waals surface area contributed by atoms with Crippen molar-refractivity contribution in [3.63, 3.8) is 0 Å². The Kier molecular flexibility index (Phi) is 3.95. The third-order valence-corrected chi connectivity index (χ3v) is 1.90. The maximum atomic E-state index is 10.9. The molecule has 0 saturated carbocycles. The zero-order valence-corrected chi connectivity index (χ0v) is 8.26. The number of nitrogens with zero attached hydrogens (tertiary/aromatic N) is 1. The van der Waals surface area contributed by atoms with Gasteiger partial charge in [-0.3, -0.25) is 4.79 Å². The van der Waals surface area contributed by atoms with Crippen LogP contribution in [0.25, 0.3) is 0 Å². The fourth-order valence-corrected chi connectivity index (χ4v) is 0.919. The first-order valence-electron chi connectivity index (χ1n) is 3.38. The summed E-state index contributed by atoms with van der Waals surface area (Å²) in [4.78, 5) is 12.2. The fourth-order valence-electron chi connectivity index (χ4n) is 0.473. The topological polar surface area (TPSA) is 54.5 Å². The van der Waals surface area contributed by atoms with E-state index >= 15 is 0 Å².